The molecule has 0 atom stereocenters. The summed E-state index contributed by atoms with van der Waals surface area (Å²) in [6, 6.07) is 38.1. The molecular formula is C35H27ClN2O2S. The molecular weight excluding hydrogens is 548 g/mol. The fourth-order valence-corrected chi connectivity index (χ4v) is 6.18. The van der Waals surface area contributed by atoms with E-state index in [-0.39, 0.29) is 0 Å². The van der Waals surface area contributed by atoms with Gasteiger partial charge in [-0.1, -0.05) is 94.7 Å². The lowest BCUT2D eigenvalue weighted by Crippen LogP contribution is -2.09. The molecule has 1 aliphatic rings. The highest BCUT2D eigenvalue weighted by Gasteiger charge is 2.26. The molecule has 0 bridgehead atoms. The number of oxime groups is 1. The van der Waals surface area contributed by atoms with Gasteiger partial charge in [0, 0.05) is 31.8 Å². The molecule has 41 heavy (non-hydrogen) atoms. The van der Waals surface area contributed by atoms with Crippen molar-refractivity contribution in [3.05, 3.63) is 148 Å². The lowest BCUT2D eigenvalue weighted by Gasteiger charge is -2.21. The average Bonchev–Trinajstić information content (AvgIpc) is 3.40. The van der Waals surface area contributed by atoms with Crippen LogP contribution in [0.4, 0.5) is 0 Å². The van der Waals surface area contributed by atoms with Gasteiger partial charge >= 0.3 is 5.97 Å². The SMILES string of the molecule is Cc1ccc(SC2=C(/C=N\OC(=O)c3ccccc3)CCc3c2cc(-c2ccccc2)n3-c2ccc(Cl)cc2)cc1. The molecule has 202 valence electrons. The van der Waals surface area contributed by atoms with Crippen LogP contribution in [0.25, 0.3) is 21.8 Å². The van der Waals surface area contributed by atoms with E-state index < -0.39 is 5.97 Å². The zero-order chi connectivity index (χ0) is 28.2. The smallest absolute Gasteiger partial charge is 0.313 e. The van der Waals surface area contributed by atoms with Crippen LogP contribution in [0.1, 0.15) is 33.6 Å². The summed E-state index contributed by atoms with van der Waals surface area (Å²) in [5, 5.41) is 4.84. The number of rotatable bonds is 7. The molecule has 1 aliphatic carbocycles. The van der Waals surface area contributed by atoms with Crippen molar-refractivity contribution in [3.8, 4) is 16.9 Å². The molecule has 4 nitrogen and oxygen atoms in total. The number of fused-ring (bicyclic) bond motifs is 1. The molecule has 1 heterocycles. The molecule has 5 aromatic rings. The summed E-state index contributed by atoms with van der Waals surface area (Å²) in [5.41, 5.74) is 8.36. The number of benzene rings is 4. The van der Waals surface area contributed by atoms with E-state index in [0.717, 1.165) is 50.7 Å². The monoisotopic (exact) mass is 574 g/mol. The topological polar surface area (TPSA) is 43.6 Å². The highest BCUT2D eigenvalue weighted by atomic mass is 35.5. The van der Waals surface area contributed by atoms with Gasteiger partial charge < -0.3 is 9.40 Å². The van der Waals surface area contributed by atoms with E-state index in [1.54, 1.807) is 42.2 Å². The van der Waals surface area contributed by atoms with E-state index in [1.807, 2.05) is 24.3 Å². The summed E-state index contributed by atoms with van der Waals surface area (Å²) < 4.78 is 2.33. The molecule has 0 N–H and O–H groups in total. The zero-order valence-electron chi connectivity index (χ0n) is 22.5. The van der Waals surface area contributed by atoms with Crippen LogP contribution in [0.5, 0.6) is 0 Å². The van der Waals surface area contributed by atoms with Crippen molar-refractivity contribution in [2.45, 2.75) is 24.7 Å². The Balaban J connectivity index is 1.46. The van der Waals surface area contributed by atoms with Crippen LogP contribution in [-0.4, -0.2) is 16.8 Å². The first kappa shape index (κ1) is 26.9. The number of hydrogen-bond acceptors (Lipinski definition) is 4. The van der Waals surface area contributed by atoms with E-state index in [0.29, 0.717) is 10.6 Å². The Hall–Kier alpha value is -4.32. The molecule has 0 saturated heterocycles. The number of aromatic nitrogens is 1. The predicted molar refractivity (Wildman–Crippen MR) is 169 cm³/mol. The zero-order valence-corrected chi connectivity index (χ0v) is 24.0. The van der Waals surface area contributed by atoms with Crippen LogP contribution in [0.3, 0.4) is 0 Å². The number of thioether (sulfide) groups is 1. The third kappa shape index (κ3) is 5.92. The molecule has 0 spiro atoms. The van der Waals surface area contributed by atoms with Crippen molar-refractivity contribution in [2.75, 3.05) is 0 Å². The van der Waals surface area contributed by atoms with Gasteiger partial charge in [0.2, 0.25) is 0 Å². The standard InChI is InChI=1S/C35H27ClN2O2S/c1-24-12-19-30(20-13-24)41-34-27(23-37-40-35(39)26-10-6-3-7-11-26)14-21-32-31(34)22-33(25-8-4-2-5-9-25)38(32)29-17-15-28(36)16-18-29/h2-13,15-20,22-23H,14,21H2,1H3/b37-23-. The largest absolute Gasteiger partial charge is 0.365 e. The van der Waals surface area contributed by atoms with E-state index in [1.165, 1.54) is 11.3 Å². The summed E-state index contributed by atoms with van der Waals surface area (Å²) >= 11 is 7.96. The Morgan fingerprint density at radius 1 is 0.878 bits per heavy atom. The highest BCUT2D eigenvalue weighted by Crippen LogP contribution is 2.45. The minimum atomic E-state index is -0.480. The Kier molecular flexibility index (Phi) is 7.90. The Bertz CT molecular complexity index is 1740. The van der Waals surface area contributed by atoms with Crippen molar-refractivity contribution in [1.29, 1.82) is 0 Å². The fraction of sp³-hybridized carbons (Fsp3) is 0.0857. The Labute approximate surface area is 248 Å². The molecule has 0 amide bonds. The number of carbonyl (C=O) groups is 1. The maximum Gasteiger partial charge on any atom is 0.365 e. The lowest BCUT2D eigenvalue weighted by molar-refractivity contribution is 0.0519. The minimum Gasteiger partial charge on any atom is -0.313 e. The van der Waals surface area contributed by atoms with Crippen LogP contribution in [0, 0.1) is 6.92 Å². The molecule has 0 unspecified atom stereocenters. The Morgan fingerprint density at radius 3 is 2.27 bits per heavy atom. The molecule has 0 fully saturated rings. The second kappa shape index (κ2) is 12.0. The van der Waals surface area contributed by atoms with E-state index in [4.69, 9.17) is 16.4 Å². The van der Waals surface area contributed by atoms with Gasteiger partial charge in [-0.05, 0) is 85.5 Å². The average molecular weight is 575 g/mol. The first-order valence-corrected chi connectivity index (χ1v) is 14.6. The summed E-state index contributed by atoms with van der Waals surface area (Å²) in [4.78, 5) is 20.0. The summed E-state index contributed by atoms with van der Waals surface area (Å²) in [5.74, 6) is -0.480. The number of halogens is 1. The quantitative estimate of drug-likeness (QED) is 0.110. The van der Waals surface area contributed by atoms with Gasteiger partial charge in [0.1, 0.15) is 0 Å². The number of aryl methyl sites for hydroxylation is 1. The van der Waals surface area contributed by atoms with Crippen LogP contribution in [0.2, 0.25) is 5.02 Å². The number of allylic oxidation sites excluding steroid dienone is 1. The van der Waals surface area contributed by atoms with E-state index in [9.17, 15) is 4.79 Å². The lowest BCUT2D eigenvalue weighted by atomic mass is 9.97. The second-order valence-electron chi connectivity index (χ2n) is 9.82. The normalized spacial score (nSPS) is 12.9. The molecule has 1 aromatic heterocycles. The van der Waals surface area contributed by atoms with Crippen LogP contribution in [0.15, 0.2) is 131 Å². The molecule has 0 saturated carbocycles. The molecule has 6 heteroatoms. The van der Waals surface area contributed by atoms with Gasteiger partial charge in [-0.3, -0.25) is 0 Å². The number of hydrogen-bond donors (Lipinski definition) is 0. The summed E-state index contributed by atoms with van der Waals surface area (Å²) in [7, 11) is 0. The first-order valence-electron chi connectivity index (χ1n) is 13.4. The van der Waals surface area contributed by atoms with Crippen LogP contribution >= 0.6 is 23.4 Å². The predicted octanol–water partition coefficient (Wildman–Crippen LogP) is 9.40. The molecule has 0 radical (unpaired) electrons. The van der Waals surface area contributed by atoms with Gasteiger partial charge in [-0.15, -0.1) is 0 Å². The van der Waals surface area contributed by atoms with Gasteiger partial charge in [0.05, 0.1) is 17.5 Å². The summed E-state index contributed by atoms with van der Waals surface area (Å²) in [6.45, 7) is 2.09. The van der Waals surface area contributed by atoms with E-state index in [2.05, 4.69) is 83.4 Å². The second-order valence-corrected chi connectivity index (χ2v) is 11.3. The Morgan fingerprint density at radius 2 is 1.56 bits per heavy atom. The molecule has 4 aromatic carbocycles. The van der Waals surface area contributed by atoms with Crippen molar-refractivity contribution >= 4 is 40.5 Å². The third-order valence-electron chi connectivity index (χ3n) is 7.02. The van der Waals surface area contributed by atoms with Gasteiger partial charge in [-0.2, -0.15) is 0 Å². The fourth-order valence-electron chi connectivity index (χ4n) is 4.97. The molecule has 6 rings (SSSR count). The van der Waals surface area contributed by atoms with Crippen molar-refractivity contribution in [3.63, 3.8) is 0 Å². The maximum atomic E-state index is 12.5. The summed E-state index contributed by atoms with van der Waals surface area (Å²) in [6.07, 6.45) is 3.25. The minimum absolute atomic E-state index is 0.464. The van der Waals surface area contributed by atoms with Gasteiger partial charge in [0.25, 0.3) is 0 Å². The maximum absolute atomic E-state index is 12.5. The van der Waals surface area contributed by atoms with Crippen molar-refractivity contribution < 1.29 is 9.63 Å². The number of nitrogens with zero attached hydrogens (tertiary/aromatic N) is 2. The van der Waals surface area contributed by atoms with Crippen molar-refractivity contribution in [2.24, 2.45) is 5.16 Å². The van der Waals surface area contributed by atoms with Crippen LogP contribution < -0.4 is 0 Å². The van der Waals surface area contributed by atoms with E-state index >= 15 is 0 Å². The third-order valence-corrected chi connectivity index (χ3v) is 8.47. The highest BCUT2D eigenvalue weighted by molar-refractivity contribution is 8.08. The first-order chi connectivity index (χ1) is 20.1. The van der Waals surface area contributed by atoms with Crippen molar-refractivity contribution in [1.82, 2.24) is 4.57 Å². The van der Waals surface area contributed by atoms with Gasteiger partial charge in [-0.25, -0.2) is 4.79 Å². The molecule has 0 aliphatic heterocycles. The van der Waals surface area contributed by atoms with Crippen LogP contribution in [-0.2, 0) is 11.3 Å². The van der Waals surface area contributed by atoms with Gasteiger partial charge in [0.15, 0.2) is 0 Å². The number of carbonyl (C=O) groups excluding carboxylic acids is 1.